The fourth-order valence-corrected chi connectivity index (χ4v) is 7.05. The molecule has 3 heterocycles. The van der Waals surface area contributed by atoms with Gasteiger partial charge in [-0.25, -0.2) is 19.6 Å². The predicted octanol–water partition coefficient (Wildman–Crippen LogP) is 4.25. The van der Waals surface area contributed by atoms with Crippen molar-refractivity contribution in [2.45, 2.75) is 101 Å². The molecule has 4 aliphatic rings. The van der Waals surface area contributed by atoms with E-state index in [1.165, 1.54) is 4.90 Å². The number of amides is 2. The molecule has 0 spiro atoms. The molecule has 2 aliphatic carbocycles. The largest absolute Gasteiger partial charge is 0.494 e. The highest BCUT2D eigenvalue weighted by atomic mass is 16.6. The van der Waals surface area contributed by atoms with Crippen molar-refractivity contribution >= 4 is 29.0 Å². The lowest BCUT2D eigenvalue weighted by Crippen LogP contribution is -2.55. The molecule has 11 nitrogen and oxygen atoms in total. The van der Waals surface area contributed by atoms with Crippen LogP contribution in [0.1, 0.15) is 76.8 Å². The monoisotopic (exact) mass is 580 g/mol. The number of alkyl carbamates (subject to hydrolysis) is 1. The highest BCUT2D eigenvalue weighted by Gasteiger charge is 2.54. The second-order valence-corrected chi connectivity index (χ2v) is 12.5. The van der Waals surface area contributed by atoms with Crippen LogP contribution in [-0.4, -0.2) is 75.4 Å². The van der Waals surface area contributed by atoms with Gasteiger partial charge >= 0.3 is 12.1 Å². The molecule has 11 heteroatoms. The van der Waals surface area contributed by atoms with Crippen molar-refractivity contribution in [3.05, 3.63) is 23.9 Å². The number of hydrogen-bond donors (Lipinski definition) is 2. The van der Waals surface area contributed by atoms with Gasteiger partial charge in [-0.2, -0.15) is 0 Å². The normalized spacial score (nSPS) is 30.8. The first-order valence-corrected chi connectivity index (χ1v) is 15.3. The van der Waals surface area contributed by atoms with E-state index >= 15 is 0 Å². The zero-order valence-corrected chi connectivity index (χ0v) is 24.3. The van der Waals surface area contributed by atoms with Crippen LogP contribution in [-0.2, 0) is 20.7 Å². The molecule has 5 unspecified atom stereocenters. The van der Waals surface area contributed by atoms with Crippen LogP contribution < -0.4 is 14.8 Å². The van der Waals surface area contributed by atoms with E-state index in [0.717, 1.165) is 57.8 Å². The number of carboxylic acid groups (broad SMARTS) is 1. The Balaban J connectivity index is 1.34. The summed E-state index contributed by atoms with van der Waals surface area (Å²) < 4.78 is 17.8. The maximum absolute atomic E-state index is 14.0. The highest BCUT2D eigenvalue weighted by Crippen LogP contribution is 2.49. The number of methoxy groups -OCH3 is 1. The number of nitrogens with zero attached hydrogens (tertiary/aromatic N) is 3. The van der Waals surface area contributed by atoms with E-state index in [0.29, 0.717) is 34.8 Å². The third kappa shape index (κ3) is 5.70. The summed E-state index contributed by atoms with van der Waals surface area (Å²) in [5.41, 5.74) is 1.44. The molecule has 6 rings (SSSR count). The number of carboxylic acids is 1. The van der Waals surface area contributed by atoms with Crippen molar-refractivity contribution in [3.63, 3.8) is 0 Å². The first-order chi connectivity index (χ1) is 20.3. The molecule has 2 amide bonds. The average molecular weight is 581 g/mol. The van der Waals surface area contributed by atoms with E-state index in [1.54, 1.807) is 7.11 Å². The van der Waals surface area contributed by atoms with Gasteiger partial charge < -0.3 is 29.5 Å². The van der Waals surface area contributed by atoms with Gasteiger partial charge in [0.15, 0.2) is 0 Å². The van der Waals surface area contributed by atoms with Crippen LogP contribution in [0, 0.1) is 11.8 Å². The van der Waals surface area contributed by atoms with E-state index < -0.39 is 41.8 Å². The number of hydrogen-bond acceptors (Lipinski definition) is 8. The van der Waals surface area contributed by atoms with Crippen molar-refractivity contribution in [1.29, 1.82) is 0 Å². The lowest BCUT2D eigenvalue weighted by Gasteiger charge is -2.30. The number of aromatic nitrogens is 2. The minimum absolute atomic E-state index is 0.0701. The molecular formula is C31H40N4O7. The van der Waals surface area contributed by atoms with Gasteiger partial charge in [0, 0.05) is 12.3 Å². The van der Waals surface area contributed by atoms with E-state index in [1.807, 2.05) is 25.1 Å². The van der Waals surface area contributed by atoms with Crippen LogP contribution in [0.5, 0.6) is 11.6 Å². The van der Waals surface area contributed by atoms with Gasteiger partial charge in [-0.15, -0.1) is 0 Å². The summed E-state index contributed by atoms with van der Waals surface area (Å²) in [5, 5.41) is 13.0. The van der Waals surface area contributed by atoms with E-state index in [2.05, 4.69) is 5.32 Å². The lowest BCUT2D eigenvalue weighted by atomic mass is 9.96. The van der Waals surface area contributed by atoms with Gasteiger partial charge in [-0.1, -0.05) is 31.7 Å². The molecule has 1 aromatic heterocycles. The highest BCUT2D eigenvalue weighted by molar-refractivity contribution is 5.90. The number of para-hydroxylation sites is 1. The van der Waals surface area contributed by atoms with Crippen LogP contribution in [0.15, 0.2) is 18.2 Å². The smallest absolute Gasteiger partial charge is 0.408 e. The summed E-state index contributed by atoms with van der Waals surface area (Å²) in [4.78, 5) is 50.5. The predicted molar refractivity (Wildman–Crippen MR) is 152 cm³/mol. The summed E-state index contributed by atoms with van der Waals surface area (Å²) in [7, 11) is 1.58. The number of carbonyl (C=O) groups excluding carboxylic acids is 2. The van der Waals surface area contributed by atoms with Gasteiger partial charge in [0.25, 0.3) is 0 Å². The fourth-order valence-electron chi connectivity index (χ4n) is 7.05. The van der Waals surface area contributed by atoms with Crippen molar-refractivity contribution in [1.82, 2.24) is 20.2 Å². The standard InChI is InChI=1S/C31H40N4O7/c1-31-16-19(31)11-4-3-5-12-22-27(33-26-21(32-22)13-8-14-24(26)40-2)41-20-15-23(29(37)38)35(17-20)28(36)25(34-30(39)42-31)18-9-6-7-10-18/h8,13-14,18-20,23,25H,3-7,9-12,15-17H2,1-2H3,(H,34,39)(H,37,38). The zero-order valence-electron chi connectivity index (χ0n) is 24.3. The third-order valence-electron chi connectivity index (χ3n) is 9.58. The molecule has 1 aromatic carbocycles. The molecule has 5 atom stereocenters. The van der Waals surface area contributed by atoms with Crippen molar-refractivity contribution in [3.8, 4) is 11.6 Å². The second kappa shape index (κ2) is 11.6. The van der Waals surface area contributed by atoms with Crippen LogP contribution in [0.25, 0.3) is 11.0 Å². The molecule has 42 heavy (non-hydrogen) atoms. The van der Waals surface area contributed by atoms with Gasteiger partial charge in [0.1, 0.15) is 40.7 Å². The number of aliphatic carboxylic acids is 1. The summed E-state index contributed by atoms with van der Waals surface area (Å²) in [6.45, 7) is 2.02. The minimum Gasteiger partial charge on any atom is -0.494 e. The number of aryl methyl sites for hydroxylation is 1. The molecule has 3 fully saturated rings. The van der Waals surface area contributed by atoms with Gasteiger partial charge in [0.05, 0.1) is 19.2 Å². The molecule has 2 aliphatic heterocycles. The molecule has 2 aromatic rings. The minimum atomic E-state index is -1.10. The quantitative estimate of drug-likeness (QED) is 0.545. The Bertz CT molecular complexity index is 1360. The molecule has 2 bridgehead atoms. The van der Waals surface area contributed by atoms with Crippen molar-refractivity contribution in [2.24, 2.45) is 11.8 Å². The molecule has 0 radical (unpaired) electrons. The number of fused-ring (bicyclic) bond motifs is 5. The van der Waals surface area contributed by atoms with Crippen LogP contribution in [0.4, 0.5) is 4.79 Å². The number of carbonyl (C=O) groups is 3. The van der Waals surface area contributed by atoms with Crippen LogP contribution in [0.2, 0.25) is 0 Å². The summed E-state index contributed by atoms with van der Waals surface area (Å²) in [5.74, 6) is -0.373. The Hall–Kier alpha value is -3.63. The van der Waals surface area contributed by atoms with E-state index in [-0.39, 0.29) is 24.8 Å². The van der Waals surface area contributed by atoms with Crippen molar-refractivity contribution < 1.29 is 33.7 Å². The molecule has 1 saturated heterocycles. The Morgan fingerprint density at radius 2 is 1.90 bits per heavy atom. The summed E-state index contributed by atoms with van der Waals surface area (Å²) in [6, 6.07) is 3.64. The van der Waals surface area contributed by atoms with Gasteiger partial charge in [-0.3, -0.25) is 4.79 Å². The van der Waals surface area contributed by atoms with E-state index in [9.17, 15) is 19.5 Å². The maximum atomic E-state index is 14.0. The molecular weight excluding hydrogens is 540 g/mol. The first-order valence-electron chi connectivity index (χ1n) is 15.3. The third-order valence-corrected chi connectivity index (χ3v) is 9.58. The Morgan fingerprint density at radius 3 is 2.67 bits per heavy atom. The number of ether oxygens (including phenoxy) is 3. The van der Waals surface area contributed by atoms with Gasteiger partial charge in [0.2, 0.25) is 11.8 Å². The summed E-state index contributed by atoms with van der Waals surface area (Å²) in [6.07, 6.45) is 7.67. The SMILES string of the molecule is COc1cccc2nc3c(nc12)OC1CC(C(=O)O)N(C1)C(=O)C(C1CCCC1)NC(=O)OC1(C)CC1CCCCC3. The molecule has 2 N–H and O–H groups in total. The van der Waals surface area contributed by atoms with Gasteiger partial charge in [-0.05, 0) is 63.5 Å². The van der Waals surface area contributed by atoms with Crippen molar-refractivity contribution in [2.75, 3.05) is 13.7 Å². The molecule has 226 valence electrons. The fraction of sp³-hybridized carbons (Fsp3) is 0.645. The zero-order chi connectivity index (χ0) is 29.4. The second-order valence-electron chi connectivity index (χ2n) is 12.5. The lowest BCUT2D eigenvalue weighted by molar-refractivity contribution is -0.149. The van der Waals surface area contributed by atoms with E-state index in [4.69, 9.17) is 24.2 Å². The first kappa shape index (κ1) is 28.5. The number of nitrogens with one attached hydrogen (secondary N) is 1. The Kier molecular flexibility index (Phi) is 7.85. The number of rotatable bonds is 3. The van der Waals surface area contributed by atoms with Crippen LogP contribution >= 0.6 is 0 Å². The summed E-state index contributed by atoms with van der Waals surface area (Å²) >= 11 is 0. The van der Waals surface area contributed by atoms with Crippen LogP contribution in [0.3, 0.4) is 0 Å². The Morgan fingerprint density at radius 1 is 1.12 bits per heavy atom. The Labute approximate surface area is 245 Å². The average Bonchev–Trinajstić information content (AvgIpc) is 3.34. The topological polar surface area (TPSA) is 140 Å². The number of benzene rings is 1. The molecule has 2 saturated carbocycles. The maximum Gasteiger partial charge on any atom is 0.408 e.